The maximum atomic E-state index is 11.6. The summed E-state index contributed by atoms with van der Waals surface area (Å²) < 4.78 is 10.0. The minimum Gasteiger partial charge on any atom is -0.494 e. The van der Waals surface area contributed by atoms with Crippen LogP contribution < -0.4 is 4.74 Å². The maximum absolute atomic E-state index is 11.6. The molecule has 0 aromatic heterocycles. The van der Waals surface area contributed by atoms with Crippen LogP contribution in [0.25, 0.3) is 0 Å². The SMILES string of the molecule is CCCOc1ccc(C(=O)OOOC(=O)OCC(C)C)cc1. The van der Waals surface area contributed by atoms with Gasteiger partial charge >= 0.3 is 12.1 Å². The van der Waals surface area contributed by atoms with Gasteiger partial charge in [-0.05, 0) is 36.6 Å². The Labute approximate surface area is 128 Å². The zero-order chi connectivity index (χ0) is 16.4. The van der Waals surface area contributed by atoms with Gasteiger partial charge in [0.15, 0.2) is 0 Å². The normalized spacial score (nSPS) is 10.2. The Kier molecular flexibility index (Phi) is 7.77. The minimum absolute atomic E-state index is 0.156. The lowest BCUT2D eigenvalue weighted by Crippen LogP contribution is -2.14. The molecule has 0 heterocycles. The first-order chi connectivity index (χ1) is 10.5. The number of benzene rings is 1. The largest absolute Gasteiger partial charge is 0.543 e. The monoisotopic (exact) mass is 312 g/mol. The van der Waals surface area contributed by atoms with Crippen LogP contribution in [0.1, 0.15) is 37.6 Å². The first-order valence-corrected chi connectivity index (χ1v) is 6.98. The van der Waals surface area contributed by atoms with Crippen molar-refractivity contribution in [2.45, 2.75) is 27.2 Å². The summed E-state index contributed by atoms with van der Waals surface area (Å²) in [6.45, 7) is 6.49. The van der Waals surface area contributed by atoms with E-state index in [1.54, 1.807) is 12.1 Å². The van der Waals surface area contributed by atoms with Crippen LogP contribution in [0.5, 0.6) is 5.75 Å². The van der Waals surface area contributed by atoms with Gasteiger partial charge in [-0.2, -0.15) is 0 Å². The van der Waals surface area contributed by atoms with Gasteiger partial charge < -0.3 is 9.47 Å². The summed E-state index contributed by atoms with van der Waals surface area (Å²) in [6.07, 6.45) is -0.188. The molecule has 1 rings (SSSR count). The number of hydrogen-bond acceptors (Lipinski definition) is 7. The molecule has 0 radical (unpaired) electrons. The Hall–Kier alpha value is -2.28. The lowest BCUT2D eigenvalue weighted by molar-refractivity contribution is -0.452. The highest BCUT2D eigenvalue weighted by atomic mass is 17.5. The molecule has 122 valence electrons. The predicted octanol–water partition coefficient (Wildman–Crippen LogP) is 3.29. The molecule has 1 aromatic rings. The van der Waals surface area contributed by atoms with Gasteiger partial charge in [-0.15, -0.1) is 0 Å². The smallest absolute Gasteiger partial charge is 0.494 e. The Morgan fingerprint density at radius 3 is 2.36 bits per heavy atom. The third kappa shape index (κ3) is 6.94. The van der Waals surface area contributed by atoms with Crippen molar-refractivity contribution in [1.29, 1.82) is 0 Å². The number of ether oxygens (including phenoxy) is 2. The van der Waals surface area contributed by atoms with Crippen molar-refractivity contribution >= 4 is 12.1 Å². The molecule has 0 aliphatic heterocycles. The van der Waals surface area contributed by atoms with Gasteiger partial charge in [0.25, 0.3) is 0 Å². The molecule has 0 atom stereocenters. The van der Waals surface area contributed by atoms with Crippen molar-refractivity contribution in [2.75, 3.05) is 13.2 Å². The molecule has 0 aliphatic rings. The molecular formula is C15H20O7. The van der Waals surface area contributed by atoms with E-state index >= 15 is 0 Å². The summed E-state index contributed by atoms with van der Waals surface area (Å²) in [4.78, 5) is 31.1. The lowest BCUT2D eigenvalue weighted by atomic mass is 10.2. The van der Waals surface area contributed by atoms with Crippen LogP contribution in [0.15, 0.2) is 24.3 Å². The Morgan fingerprint density at radius 1 is 1.09 bits per heavy atom. The highest BCUT2D eigenvalue weighted by Gasteiger charge is 2.12. The van der Waals surface area contributed by atoms with Gasteiger partial charge in [-0.25, -0.2) is 14.5 Å². The summed E-state index contributed by atoms with van der Waals surface area (Å²) in [6, 6.07) is 6.27. The van der Waals surface area contributed by atoms with E-state index < -0.39 is 12.1 Å². The second kappa shape index (κ2) is 9.62. The average Bonchev–Trinajstić information content (AvgIpc) is 2.51. The summed E-state index contributed by atoms with van der Waals surface area (Å²) in [7, 11) is 0. The van der Waals surface area contributed by atoms with Crippen LogP contribution >= 0.6 is 0 Å². The van der Waals surface area contributed by atoms with E-state index in [4.69, 9.17) is 4.74 Å². The van der Waals surface area contributed by atoms with Crippen LogP contribution in [0.3, 0.4) is 0 Å². The van der Waals surface area contributed by atoms with Crippen molar-refractivity contribution in [2.24, 2.45) is 5.92 Å². The van der Waals surface area contributed by atoms with Gasteiger partial charge in [0.05, 0.1) is 23.8 Å². The summed E-state index contributed by atoms with van der Waals surface area (Å²) in [5, 5.41) is 4.08. The van der Waals surface area contributed by atoms with Gasteiger partial charge in [-0.3, -0.25) is 4.89 Å². The number of rotatable bonds is 8. The standard InChI is InChI=1S/C15H20O7/c1-4-9-18-13-7-5-12(6-8-13)14(16)20-22-21-15(17)19-10-11(2)3/h5-8,11H,4,9-10H2,1-3H3. The highest BCUT2D eigenvalue weighted by molar-refractivity contribution is 5.89. The van der Waals surface area contributed by atoms with E-state index in [-0.39, 0.29) is 18.1 Å². The molecule has 1 aromatic carbocycles. The fraction of sp³-hybridized carbons (Fsp3) is 0.467. The fourth-order valence-corrected chi connectivity index (χ4v) is 1.29. The molecule has 22 heavy (non-hydrogen) atoms. The molecule has 0 unspecified atom stereocenters. The minimum atomic E-state index is -1.08. The van der Waals surface area contributed by atoms with Crippen LogP contribution in [-0.4, -0.2) is 25.3 Å². The van der Waals surface area contributed by atoms with Crippen molar-refractivity contribution < 1.29 is 33.9 Å². The number of carbonyl (C=O) groups excluding carboxylic acids is 2. The summed E-state index contributed by atoms with van der Waals surface area (Å²) >= 11 is 0. The van der Waals surface area contributed by atoms with Gasteiger partial charge in [-0.1, -0.05) is 20.8 Å². The van der Waals surface area contributed by atoms with Crippen LogP contribution in [0.4, 0.5) is 4.79 Å². The van der Waals surface area contributed by atoms with Crippen LogP contribution in [-0.2, 0) is 19.6 Å². The van der Waals surface area contributed by atoms with Gasteiger partial charge in [0, 0.05) is 0 Å². The zero-order valence-corrected chi connectivity index (χ0v) is 12.9. The Balaban J connectivity index is 2.31. The number of carbonyl (C=O) groups is 2. The van der Waals surface area contributed by atoms with Crippen LogP contribution in [0, 0.1) is 5.92 Å². The maximum Gasteiger partial charge on any atom is 0.543 e. The average molecular weight is 312 g/mol. The van der Waals surface area contributed by atoms with E-state index in [1.807, 2.05) is 20.8 Å². The zero-order valence-electron chi connectivity index (χ0n) is 12.9. The van der Waals surface area contributed by atoms with E-state index in [2.05, 4.69) is 19.6 Å². The fourth-order valence-electron chi connectivity index (χ4n) is 1.29. The molecule has 7 heteroatoms. The second-order valence-electron chi connectivity index (χ2n) is 4.85. The van der Waals surface area contributed by atoms with E-state index in [0.29, 0.717) is 12.4 Å². The third-order valence-electron chi connectivity index (χ3n) is 2.31. The molecule has 0 bridgehead atoms. The second-order valence-corrected chi connectivity index (χ2v) is 4.85. The lowest BCUT2D eigenvalue weighted by Gasteiger charge is -2.06. The van der Waals surface area contributed by atoms with Gasteiger partial charge in [0.1, 0.15) is 5.75 Å². The van der Waals surface area contributed by atoms with Crippen molar-refractivity contribution in [3.63, 3.8) is 0 Å². The Morgan fingerprint density at radius 2 is 1.77 bits per heavy atom. The molecule has 0 saturated carbocycles. The van der Waals surface area contributed by atoms with Crippen molar-refractivity contribution in [1.82, 2.24) is 0 Å². The topological polar surface area (TPSA) is 80.3 Å². The van der Waals surface area contributed by atoms with Crippen molar-refractivity contribution in [3.8, 4) is 5.75 Å². The number of hydrogen-bond donors (Lipinski definition) is 0. The molecule has 0 fully saturated rings. The first kappa shape index (κ1) is 17.8. The van der Waals surface area contributed by atoms with E-state index in [0.717, 1.165) is 6.42 Å². The molecule has 7 nitrogen and oxygen atoms in total. The van der Waals surface area contributed by atoms with Crippen LogP contribution in [0.2, 0.25) is 0 Å². The van der Waals surface area contributed by atoms with E-state index in [1.165, 1.54) is 12.1 Å². The predicted molar refractivity (Wildman–Crippen MR) is 76.0 cm³/mol. The highest BCUT2D eigenvalue weighted by Crippen LogP contribution is 2.13. The summed E-state index contributed by atoms with van der Waals surface area (Å²) in [5.41, 5.74) is 0.225. The van der Waals surface area contributed by atoms with Gasteiger partial charge in [0.2, 0.25) is 0 Å². The molecule has 0 amide bonds. The third-order valence-corrected chi connectivity index (χ3v) is 2.31. The molecule has 0 saturated heterocycles. The molecule has 0 N–H and O–H groups in total. The van der Waals surface area contributed by atoms with Crippen molar-refractivity contribution in [3.05, 3.63) is 29.8 Å². The quantitative estimate of drug-likeness (QED) is 0.414. The first-order valence-electron chi connectivity index (χ1n) is 6.98. The van der Waals surface area contributed by atoms with E-state index in [9.17, 15) is 9.59 Å². The molecular weight excluding hydrogens is 292 g/mol. The molecule has 0 aliphatic carbocycles. The Bertz CT molecular complexity index is 467. The molecule has 0 spiro atoms. The summed E-state index contributed by atoms with van der Waals surface area (Å²) in [5.74, 6) is -0.00456.